The fourth-order valence-electron chi connectivity index (χ4n) is 2.21. The minimum Gasteiger partial charge on any atom is -0.423 e. The fraction of sp³-hybridized carbons (Fsp3) is 0. The van der Waals surface area contributed by atoms with E-state index in [4.69, 9.17) is 4.42 Å². The Bertz CT molecular complexity index is 911. The standard InChI is InChI=1S/C16H11FN4O/c17-12-5-1-3-7-14(12)21-10-11(9-18-21)19-16-20-13-6-2-4-8-15(13)22-16/h1-10H,(H,19,20). The number of nitrogens with one attached hydrogen (secondary N) is 1. The van der Waals surface area contributed by atoms with E-state index in [1.165, 1.54) is 10.7 Å². The number of halogens is 1. The molecule has 22 heavy (non-hydrogen) atoms. The maximum absolute atomic E-state index is 13.7. The van der Waals surface area contributed by atoms with Crippen LogP contribution in [0.2, 0.25) is 0 Å². The monoisotopic (exact) mass is 294 g/mol. The quantitative estimate of drug-likeness (QED) is 0.622. The lowest BCUT2D eigenvalue weighted by Gasteiger charge is -2.01. The molecular weight excluding hydrogens is 283 g/mol. The van der Waals surface area contributed by atoms with Crippen molar-refractivity contribution in [2.24, 2.45) is 0 Å². The van der Waals surface area contributed by atoms with E-state index in [-0.39, 0.29) is 5.82 Å². The number of oxazole rings is 1. The number of benzene rings is 2. The van der Waals surface area contributed by atoms with Crippen molar-refractivity contribution in [1.29, 1.82) is 0 Å². The first-order chi connectivity index (χ1) is 10.8. The summed E-state index contributed by atoms with van der Waals surface area (Å²) >= 11 is 0. The van der Waals surface area contributed by atoms with Crippen LogP contribution in [0.4, 0.5) is 16.1 Å². The highest BCUT2D eigenvalue weighted by atomic mass is 19.1. The van der Waals surface area contributed by atoms with Crippen LogP contribution in [0.3, 0.4) is 0 Å². The average molecular weight is 294 g/mol. The van der Waals surface area contributed by atoms with E-state index < -0.39 is 0 Å². The van der Waals surface area contributed by atoms with Crippen LogP contribution in [-0.4, -0.2) is 14.8 Å². The zero-order valence-electron chi connectivity index (χ0n) is 11.4. The molecule has 0 bridgehead atoms. The molecule has 0 spiro atoms. The van der Waals surface area contributed by atoms with Crippen LogP contribution >= 0.6 is 0 Å². The Labute approximate surface area is 125 Å². The lowest BCUT2D eigenvalue weighted by atomic mass is 10.3. The van der Waals surface area contributed by atoms with Gasteiger partial charge in [0.1, 0.15) is 17.0 Å². The Hall–Kier alpha value is -3.15. The first-order valence-electron chi connectivity index (χ1n) is 6.72. The van der Waals surface area contributed by atoms with Crippen LogP contribution in [0.25, 0.3) is 16.8 Å². The topological polar surface area (TPSA) is 55.9 Å². The smallest absolute Gasteiger partial charge is 0.300 e. The van der Waals surface area contributed by atoms with Crippen molar-refractivity contribution in [1.82, 2.24) is 14.8 Å². The number of fused-ring (bicyclic) bond motifs is 1. The second-order valence-corrected chi connectivity index (χ2v) is 4.74. The van der Waals surface area contributed by atoms with Gasteiger partial charge in [0, 0.05) is 0 Å². The van der Waals surface area contributed by atoms with Gasteiger partial charge in [-0.15, -0.1) is 0 Å². The molecule has 0 aliphatic rings. The van der Waals surface area contributed by atoms with Crippen LogP contribution in [0.1, 0.15) is 0 Å². The van der Waals surface area contributed by atoms with Crippen molar-refractivity contribution in [3.63, 3.8) is 0 Å². The van der Waals surface area contributed by atoms with Gasteiger partial charge in [0.15, 0.2) is 5.58 Å². The molecule has 2 aromatic carbocycles. The second-order valence-electron chi connectivity index (χ2n) is 4.74. The summed E-state index contributed by atoms with van der Waals surface area (Å²) in [6, 6.07) is 14.3. The number of aromatic nitrogens is 3. The van der Waals surface area contributed by atoms with Crippen molar-refractivity contribution in [2.75, 3.05) is 5.32 Å². The molecule has 0 aliphatic carbocycles. The Balaban J connectivity index is 1.63. The number of anilines is 2. The number of para-hydroxylation sites is 3. The molecule has 0 saturated carbocycles. The molecule has 0 unspecified atom stereocenters. The number of hydrogen-bond donors (Lipinski definition) is 1. The predicted molar refractivity (Wildman–Crippen MR) is 80.8 cm³/mol. The van der Waals surface area contributed by atoms with Crippen molar-refractivity contribution in [3.05, 3.63) is 66.7 Å². The molecule has 0 fully saturated rings. The van der Waals surface area contributed by atoms with Gasteiger partial charge in [-0.05, 0) is 24.3 Å². The Morgan fingerprint density at radius 2 is 1.86 bits per heavy atom. The fourth-order valence-corrected chi connectivity index (χ4v) is 2.21. The van der Waals surface area contributed by atoms with Gasteiger partial charge in [0.2, 0.25) is 0 Å². The molecule has 4 aromatic rings. The molecule has 0 atom stereocenters. The third-order valence-electron chi connectivity index (χ3n) is 3.23. The zero-order valence-corrected chi connectivity index (χ0v) is 11.4. The summed E-state index contributed by atoms with van der Waals surface area (Å²) in [6.45, 7) is 0. The SMILES string of the molecule is Fc1ccccc1-n1cc(Nc2nc3ccccc3o2)cn1. The molecule has 0 radical (unpaired) electrons. The van der Waals surface area contributed by atoms with E-state index in [1.54, 1.807) is 30.6 Å². The van der Waals surface area contributed by atoms with Gasteiger partial charge in [-0.1, -0.05) is 24.3 Å². The lowest BCUT2D eigenvalue weighted by Crippen LogP contribution is -1.97. The third-order valence-corrected chi connectivity index (χ3v) is 3.23. The maximum Gasteiger partial charge on any atom is 0.300 e. The van der Waals surface area contributed by atoms with Crippen molar-refractivity contribution < 1.29 is 8.81 Å². The van der Waals surface area contributed by atoms with Gasteiger partial charge in [-0.3, -0.25) is 0 Å². The van der Waals surface area contributed by atoms with E-state index in [2.05, 4.69) is 15.4 Å². The first-order valence-corrected chi connectivity index (χ1v) is 6.72. The minimum absolute atomic E-state index is 0.334. The van der Waals surface area contributed by atoms with E-state index in [0.717, 1.165) is 5.52 Å². The normalized spacial score (nSPS) is 11.0. The highest BCUT2D eigenvalue weighted by Gasteiger charge is 2.08. The summed E-state index contributed by atoms with van der Waals surface area (Å²) in [7, 11) is 0. The van der Waals surface area contributed by atoms with Crippen LogP contribution in [0, 0.1) is 5.82 Å². The van der Waals surface area contributed by atoms with Gasteiger partial charge in [-0.2, -0.15) is 10.1 Å². The third kappa shape index (κ3) is 2.20. The summed E-state index contributed by atoms with van der Waals surface area (Å²) in [5.74, 6) is -0.334. The van der Waals surface area contributed by atoms with Crippen LogP contribution in [-0.2, 0) is 0 Å². The molecule has 108 valence electrons. The molecule has 6 heteroatoms. The van der Waals surface area contributed by atoms with E-state index in [9.17, 15) is 4.39 Å². The predicted octanol–water partition coefficient (Wildman–Crippen LogP) is 3.90. The van der Waals surface area contributed by atoms with Crippen LogP contribution in [0.15, 0.2) is 65.3 Å². The second kappa shape index (κ2) is 5.00. The summed E-state index contributed by atoms with van der Waals surface area (Å²) in [5, 5.41) is 7.16. The molecule has 1 N–H and O–H groups in total. The Morgan fingerprint density at radius 3 is 2.73 bits per heavy atom. The van der Waals surface area contributed by atoms with Gasteiger partial charge in [-0.25, -0.2) is 9.07 Å². The average Bonchev–Trinajstić information content (AvgIpc) is 3.14. The Morgan fingerprint density at radius 1 is 1.05 bits per heavy atom. The number of nitrogens with zero attached hydrogens (tertiary/aromatic N) is 3. The van der Waals surface area contributed by atoms with Crippen LogP contribution < -0.4 is 5.32 Å². The van der Waals surface area contributed by atoms with E-state index in [1.807, 2.05) is 24.3 Å². The molecule has 5 nitrogen and oxygen atoms in total. The van der Waals surface area contributed by atoms with Gasteiger partial charge < -0.3 is 9.73 Å². The highest BCUT2D eigenvalue weighted by Crippen LogP contribution is 2.22. The molecule has 0 aliphatic heterocycles. The van der Waals surface area contributed by atoms with Gasteiger partial charge >= 0.3 is 0 Å². The van der Waals surface area contributed by atoms with E-state index in [0.29, 0.717) is 23.0 Å². The highest BCUT2D eigenvalue weighted by molar-refractivity contribution is 5.74. The molecule has 2 heterocycles. The van der Waals surface area contributed by atoms with Crippen LogP contribution in [0.5, 0.6) is 0 Å². The molecule has 0 saturated heterocycles. The summed E-state index contributed by atoms with van der Waals surface area (Å²) in [6.07, 6.45) is 3.26. The summed E-state index contributed by atoms with van der Waals surface area (Å²) in [4.78, 5) is 4.32. The molecule has 4 rings (SSSR count). The summed E-state index contributed by atoms with van der Waals surface area (Å²) in [5.41, 5.74) is 2.51. The van der Waals surface area contributed by atoms with Crippen molar-refractivity contribution >= 4 is 22.8 Å². The van der Waals surface area contributed by atoms with E-state index >= 15 is 0 Å². The molecule has 0 amide bonds. The minimum atomic E-state index is -0.334. The molecular formula is C16H11FN4O. The van der Waals surface area contributed by atoms with Gasteiger partial charge in [0.25, 0.3) is 6.01 Å². The lowest BCUT2D eigenvalue weighted by molar-refractivity contribution is 0.611. The molecule has 2 aromatic heterocycles. The number of hydrogen-bond acceptors (Lipinski definition) is 4. The zero-order chi connectivity index (χ0) is 14.9. The largest absolute Gasteiger partial charge is 0.423 e. The van der Waals surface area contributed by atoms with Crippen molar-refractivity contribution in [2.45, 2.75) is 0 Å². The summed E-state index contributed by atoms with van der Waals surface area (Å²) < 4.78 is 20.8. The maximum atomic E-state index is 13.7. The van der Waals surface area contributed by atoms with Gasteiger partial charge in [0.05, 0.1) is 18.1 Å². The Kier molecular flexibility index (Phi) is 2.86. The van der Waals surface area contributed by atoms with Crippen molar-refractivity contribution in [3.8, 4) is 5.69 Å². The number of rotatable bonds is 3. The first kappa shape index (κ1) is 12.6.